The number of carboxylic acids is 1. The SMILES string of the molecule is Cc1noc(-c2ccc(-c3ccc(Oc4ccncc4C(=O)O)c(F)c3)cc2)c1NC(=O)OC(C)c1ccccc1. The van der Waals surface area contributed by atoms with Crippen molar-refractivity contribution in [2.45, 2.75) is 20.0 Å². The lowest BCUT2D eigenvalue weighted by Crippen LogP contribution is -2.16. The molecule has 0 bridgehead atoms. The number of rotatable bonds is 8. The molecule has 0 fully saturated rings. The van der Waals surface area contributed by atoms with Crippen LogP contribution in [0.2, 0.25) is 0 Å². The van der Waals surface area contributed by atoms with E-state index in [0.717, 1.165) is 11.8 Å². The predicted molar refractivity (Wildman–Crippen MR) is 148 cm³/mol. The van der Waals surface area contributed by atoms with Gasteiger partial charge < -0.3 is 19.1 Å². The van der Waals surface area contributed by atoms with Crippen LogP contribution >= 0.6 is 0 Å². The van der Waals surface area contributed by atoms with E-state index >= 15 is 0 Å². The zero-order valence-corrected chi connectivity index (χ0v) is 22.0. The molecule has 0 aliphatic heterocycles. The molecule has 9 nitrogen and oxygen atoms in total. The highest BCUT2D eigenvalue weighted by Gasteiger charge is 2.20. The third-order valence-corrected chi connectivity index (χ3v) is 6.29. The number of amides is 1. The van der Waals surface area contributed by atoms with Crippen molar-refractivity contribution in [3.05, 3.63) is 114 Å². The molecule has 206 valence electrons. The van der Waals surface area contributed by atoms with Gasteiger partial charge in [-0.15, -0.1) is 0 Å². The highest BCUT2D eigenvalue weighted by atomic mass is 19.1. The summed E-state index contributed by atoms with van der Waals surface area (Å²) in [6.45, 7) is 3.48. The van der Waals surface area contributed by atoms with Crippen LogP contribution in [0.15, 0.2) is 95.8 Å². The largest absolute Gasteiger partial charge is 0.477 e. The smallest absolute Gasteiger partial charge is 0.412 e. The molecular formula is C31H24FN3O6. The maximum absolute atomic E-state index is 14.9. The van der Waals surface area contributed by atoms with Crippen LogP contribution in [0.25, 0.3) is 22.5 Å². The van der Waals surface area contributed by atoms with Crippen molar-refractivity contribution < 1.29 is 33.1 Å². The minimum Gasteiger partial charge on any atom is -0.477 e. The molecule has 0 aliphatic rings. The number of anilines is 1. The Morgan fingerprint density at radius 3 is 2.37 bits per heavy atom. The Balaban J connectivity index is 1.31. The fraction of sp³-hybridized carbons (Fsp3) is 0.0968. The first-order chi connectivity index (χ1) is 19.8. The van der Waals surface area contributed by atoms with E-state index in [1.807, 2.05) is 30.3 Å². The summed E-state index contributed by atoms with van der Waals surface area (Å²) >= 11 is 0. The van der Waals surface area contributed by atoms with Crippen LogP contribution in [0.5, 0.6) is 11.5 Å². The Morgan fingerprint density at radius 2 is 1.66 bits per heavy atom. The van der Waals surface area contributed by atoms with Gasteiger partial charge in [-0.05, 0) is 42.7 Å². The average molecular weight is 554 g/mol. The van der Waals surface area contributed by atoms with Gasteiger partial charge in [0.2, 0.25) is 0 Å². The number of carboxylic acid groups (broad SMARTS) is 1. The summed E-state index contributed by atoms with van der Waals surface area (Å²) in [6, 6.07) is 22.2. The normalized spacial score (nSPS) is 11.5. The van der Waals surface area contributed by atoms with Crippen molar-refractivity contribution in [1.82, 2.24) is 10.1 Å². The van der Waals surface area contributed by atoms with Crippen LogP contribution < -0.4 is 10.1 Å². The maximum Gasteiger partial charge on any atom is 0.412 e. The number of carbonyl (C=O) groups excluding carboxylic acids is 1. The Bertz CT molecular complexity index is 1700. The average Bonchev–Trinajstić information content (AvgIpc) is 3.34. The number of nitrogens with one attached hydrogen (secondary N) is 1. The number of nitrogens with zero attached hydrogens (tertiary/aromatic N) is 2. The standard InChI is InChI=1S/C31H24FN3O6/c1-18-28(34-31(38)39-19(2)20-6-4-3-5-7-20)29(41-35-18)22-10-8-21(9-11-22)23-12-13-27(25(32)16-23)40-26-14-15-33-17-24(26)30(36)37/h3-17,19H,1-2H3,(H,34,38)(H,36,37). The van der Waals surface area contributed by atoms with Gasteiger partial charge in [0.1, 0.15) is 28.8 Å². The quantitative estimate of drug-likeness (QED) is 0.201. The van der Waals surface area contributed by atoms with Crippen LogP contribution in [0.1, 0.15) is 34.6 Å². The Labute approximate surface area is 234 Å². The van der Waals surface area contributed by atoms with E-state index < -0.39 is 24.0 Å². The molecule has 41 heavy (non-hydrogen) atoms. The van der Waals surface area contributed by atoms with Crippen LogP contribution in [0, 0.1) is 12.7 Å². The van der Waals surface area contributed by atoms with Gasteiger partial charge in [-0.2, -0.15) is 0 Å². The van der Waals surface area contributed by atoms with Gasteiger partial charge in [-0.1, -0.05) is 65.8 Å². The van der Waals surface area contributed by atoms with Gasteiger partial charge >= 0.3 is 12.1 Å². The van der Waals surface area contributed by atoms with Gasteiger partial charge in [0.05, 0.1) is 0 Å². The van der Waals surface area contributed by atoms with E-state index in [4.69, 9.17) is 14.0 Å². The molecule has 2 aromatic heterocycles. The van der Waals surface area contributed by atoms with Gasteiger partial charge in [0.15, 0.2) is 17.3 Å². The molecule has 1 unspecified atom stereocenters. The number of carbonyl (C=O) groups is 2. The molecule has 0 saturated carbocycles. The van der Waals surface area contributed by atoms with E-state index in [1.54, 1.807) is 44.2 Å². The lowest BCUT2D eigenvalue weighted by molar-refractivity contribution is 0.0693. The van der Waals surface area contributed by atoms with E-state index in [1.165, 1.54) is 24.4 Å². The van der Waals surface area contributed by atoms with Crippen LogP contribution in [-0.2, 0) is 4.74 Å². The second-order valence-corrected chi connectivity index (χ2v) is 9.06. The van der Waals surface area contributed by atoms with Crippen molar-refractivity contribution in [2.24, 2.45) is 0 Å². The van der Waals surface area contributed by atoms with E-state index in [9.17, 15) is 19.1 Å². The van der Waals surface area contributed by atoms with Gasteiger partial charge in [-0.25, -0.2) is 14.0 Å². The summed E-state index contributed by atoms with van der Waals surface area (Å²) in [6.07, 6.45) is 1.39. The minimum absolute atomic E-state index is 0.0197. The predicted octanol–water partition coefficient (Wildman–Crippen LogP) is 7.65. The second-order valence-electron chi connectivity index (χ2n) is 9.06. The summed E-state index contributed by atoms with van der Waals surface area (Å²) in [5.74, 6) is -1.70. The third kappa shape index (κ3) is 6.06. The van der Waals surface area contributed by atoms with Gasteiger partial charge in [0.25, 0.3) is 0 Å². The first-order valence-electron chi connectivity index (χ1n) is 12.5. The lowest BCUT2D eigenvalue weighted by Gasteiger charge is -2.14. The number of aromatic carboxylic acids is 1. The van der Waals surface area contributed by atoms with Crippen LogP contribution in [0.4, 0.5) is 14.9 Å². The fourth-order valence-corrected chi connectivity index (χ4v) is 4.13. The summed E-state index contributed by atoms with van der Waals surface area (Å²) in [5, 5.41) is 16.0. The highest BCUT2D eigenvalue weighted by molar-refractivity contribution is 5.91. The van der Waals surface area contributed by atoms with Crippen molar-refractivity contribution in [2.75, 3.05) is 5.32 Å². The third-order valence-electron chi connectivity index (χ3n) is 6.29. The topological polar surface area (TPSA) is 124 Å². The van der Waals surface area contributed by atoms with Gasteiger partial charge in [0, 0.05) is 24.0 Å². The van der Waals surface area contributed by atoms with Crippen molar-refractivity contribution in [3.63, 3.8) is 0 Å². The summed E-state index contributed by atoms with van der Waals surface area (Å²) in [4.78, 5) is 27.8. The monoisotopic (exact) mass is 553 g/mol. The van der Waals surface area contributed by atoms with Crippen LogP contribution in [-0.4, -0.2) is 27.3 Å². The number of pyridine rings is 1. The van der Waals surface area contributed by atoms with E-state index in [2.05, 4.69) is 15.5 Å². The zero-order valence-electron chi connectivity index (χ0n) is 22.0. The highest BCUT2D eigenvalue weighted by Crippen LogP contribution is 2.34. The first-order valence-corrected chi connectivity index (χ1v) is 12.5. The molecule has 5 aromatic rings. The molecule has 2 heterocycles. The number of halogens is 1. The number of benzene rings is 3. The Kier molecular flexibility index (Phi) is 7.73. The molecular weight excluding hydrogens is 529 g/mol. The van der Waals surface area contributed by atoms with E-state index in [-0.39, 0.29) is 17.1 Å². The zero-order chi connectivity index (χ0) is 28.9. The Morgan fingerprint density at radius 1 is 0.951 bits per heavy atom. The molecule has 3 aromatic carbocycles. The minimum atomic E-state index is -1.23. The molecule has 0 spiro atoms. The molecule has 1 atom stereocenters. The molecule has 0 aliphatic carbocycles. The number of aromatic nitrogens is 2. The molecule has 0 radical (unpaired) electrons. The lowest BCUT2D eigenvalue weighted by atomic mass is 10.0. The first kappa shape index (κ1) is 27.1. The number of hydrogen-bond donors (Lipinski definition) is 2. The summed E-state index contributed by atoms with van der Waals surface area (Å²) in [5.41, 5.74) is 3.45. The fourth-order valence-electron chi connectivity index (χ4n) is 4.13. The van der Waals surface area contributed by atoms with Crippen molar-refractivity contribution >= 4 is 17.7 Å². The molecule has 10 heteroatoms. The van der Waals surface area contributed by atoms with Crippen LogP contribution in [0.3, 0.4) is 0 Å². The molecule has 0 saturated heterocycles. The van der Waals surface area contributed by atoms with Crippen molar-refractivity contribution in [1.29, 1.82) is 0 Å². The van der Waals surface area contributed by atoms with Crippen molar-refractivity contribution in [3.8, 4) is 33.9 Å². The molecule has 2 N–H and O–H groups in total. The number of aryl methyl sites for hydroxylation is 1. The number of hydrogen-bond acceptors (Lipinski definition) is 7. The molecule has 5 rings (SSSR count). The maximum atomic E-state index is 14.9. The summed E-state index contributed by atoms with van der Waals surface area (Å²) < 4.78 is 31.4. The second kappa shape index (κ2) is 11.7. The van der Waals surface area contributed by atoms with Gasteiger partial charge in [-0.3, -0.25) is 10.3 Å². The summed E-state index contributed by atoms with van der Waals surface area (Å²) in [7, 11) is 0. The Hall–Kier alpha value is -5.51. The molecule has 1 amide bonds. The van der Waals surface area contributed by atoms with E-state index in [0.29, 0.717) is 33.8 Å². The number of ether oxygens (including phenoxy) is 2.